The summed E-state index contributed by atoms with van der Waals surface area (Å²) < 4.78 is 28.6. The number of hydrogen-bond donors (Lipinski definition) is 0. The van der Waals surface area contributed by atoms with Crippen molar-refractivity contribution in [1.82, 2.24) is 4.57 Å². The summed E-state index contributed by atoms with van der Waals surface area (Å²) in [6, 6.07) is 116. The first-order valence-electron chi connectivity index (χ1n) is 31.1. The van der Waals surface area contributed by atoms with E-state index < -0.39 is 12.3 Å². The van der Waals surface area contributed by atoms with Gasteiger partial charge < -0.3 is 14.4 Å². The lowest BCUT2D eigenvalue weighted by molar-refractivity contribution is 0.776. The van der Waals surface area contributed by atoms with E-state index in [2.05, 4.69) is 319 Å². The van der Waals surface area contributed by atoms with Crippen molar-refractivity contribution in [2.75, 3.05) is 9.80 Å². The van der Waals surface area contributed by atoms with Gasteiger partial charge in [-0.1, -0.05) is 237 Å². The van der Waals surface area contributed by atoms with Crippen LogP contribution in [0, 0.1) is 13.8 Å². The van der Waals surface area contributed by atoms with Crippen molar-refractivity contribution in [1.29, 1.82) is 0 Å². The lowest BCUT2D eigenvalue weighted by Gasteiger charge is -2.36. The highest BCUT2D eigenvalue weighted by molar-refractivity contribution is 6.18. The Labute approximate surface area is 506 Å². The summed E-state index contributed by atoms with van der Waals surface area (Å²) in [4.78, 5) is 4.76. The normalized spacial score (nSPS) is 13.1. The summed E-state index contributed by atoms with van der Waals surface area (Å²) >= 11 is 0. The minimum Gasteiger partial charge on any atom is -0.310 e. The van der Waals surface area contributed by atoms with E-state index in [4.69, 9.17) is 4.11 Å². The molecule has 86 heavy (non-hydrogen) atoms. The number of aryl methyl sites for hydroxylation is 2. The Morgan fingerprint density at radius 3 is 1.45 bits per heavy atom. The highest BCUT2D eigenvalue weighted by atomic mass is 15.2. The van der Waals surface area contributed by atoms with Crippen LogP contribution in [0.1, 0.15) is 37.5 Å². The molecule has 3 heteroatoms. The van der Waals surface area contributed by atoms with E-state index in [1.54, 1.807) is 6.07 Å². The van der Waals surface area contributed by atoms with Crippen LogP contribution in [-0.2, 0) is 5.41 Å². The summed E-state index contributed by atoms with van der Waals surface area (Å²) in [6.07, 6.45) is 0. The molecule has 0 amide bonds. The SMILES string of the molecule is [2H]C([2H])([2H])c1cccc(N(c2cccc(-c3cccc4ccccc34)c2)c2ccc3c(c2)C(c2ccccc2)(c2ccccc2)c2c-3c(N(c3cccc(C)c3)c3cccc(-c4cccc5ccccc45)c3)cc3c2c2ccccc2n3-c2ccccc2)c1. The maximum Gasteiger partial charge on any atom is 0.0721 e. The van der Waals surface area contributed by atoms with E-state index in [0.717, 1.165) is 122 Å². The molecule has 3 nitrogen and oxygen atoms in total. The molecule has 0 spiro atoms. The molecule has 1 aliphatic rings. The largest absolute Gasteiger partial charge is 0.310 e. The van der Waals surface area contributed by atoms with E-state index in [-0.39, 0.29) is 5.56 Å². The Morgan fingerprint density at radius 1 is 0.349 bits per heavy atom. The third-order valence-electron chi connectivity index (χ3n) is 17.7. The quantitative estimate of drug-likeness (QED) is 0.128. The summed E-state index contributed by atoms with van der Waals surface area (Å²) in [5.74, 6) is 0. The van der Waals surface area contributed by atoms with E-state index in [0.29, 0.717) is 0 Å². The van der Waals surface area contributed by atoms with Gasteiger partial charge in [0, 0.05) is 54.6 Å². The maximum atomic E-state index is 8.73. The molecule has 0 saturated carbocycles. The fourth-order valence-electron chi connectivity index (χ4n) is 14.1. The highest BCUT2D eigenvalue weighted by Crippen LogP contribution is 2.64. The first kappa shape index (κ1) is 47.5. The number of hydrogen-bond acceptors (Lipinski definition) is 2. The fraction of sp³-hybridized carbons (Fsp3) is 0.0361. The molecule has 0 bridgehead atoms. The van der Waals surface area contributed by atoms with Crippen LogP contribution < -0.4 is 9.80 Å². The van der Waals surface area contributed by atoms with Crippen molar-refractivity contribution < 1.29 is 4.11 Å². The zero-order valence-electron chi connectivity index (χ0n) is 50.4. The molecule has 0 unspecified atom stereocenters. The number of aromatic nitrogens is 1. The molecule has 406 valence electrons. The second-order valence-electron chi connectivity index (χ2n) is 22.7. The molecule has 16 rings (SSSR count). The Hall–Kier alpha value is -11.0. The number of anilines is 6. The minimum absolute atomic E-state index is 0.268. The second-order valence-corrected chi connectivity index (χ2v) is 22.7. The molecule has 1 heterocycles. The second kappa shape index (κ2) is 20.7. The van der Waals surface area contributed by atoms with E-state index in [1.165, 1.54) is 21.9 Å². The Morgan fingerprint density at radius 2 is 0.826 bits per heavy atom. The van der Waals surface area contributed by atoms with E-state index in [1.807, 2.05) is 18.2 Å². The Bertz CT molecular complexity index is 5170. The average Bonchev–Trinajstić information content (AvgIpc) is 1.51. The van der Waals surface area contributed by atoms with Crippen molar-refractivity contribution in [3.05, 3.63) is 355 Å². The van der Waals surface area contributed by atoms with Crippen molar-refractivity contribution in [2.24, 2.45) is 0 Å². The number of benzene rings is 14. The maximum absolute atomic E-state index is 8.73. The van der Waals surface area contributed by atoms with Gasteiger partial charge in [-0.3, -0.25) is 0 Å². The predicted molar refractivity (Wildman–Crippen MR) is 363 cm³/mol. The molecule has 0 saturated heterocycles. The van der Waals surface area contributed by atoms with Gasteiger partial charge in [-0.25, -0.2) is 0 Å². The van der Waals surface area contributed by atoms with E-state index in [9.17, 15) is 0 Å². The van der Waals surface area contributed by atoms with Crippen molar-refractivity contribution in [3.63, 3.8) is 0 Å². The number of para-hydroxylation sites is 2. The van der Waals surface area contributed by atoms with Crippen LogP contribution >= 0.6 is 0 Å². The van der Waals surface area contributed by atoms with Gasteiger partial charge in [-0.15, -0.1) is 0 Å². The van der Waals surface area contributed by atoms with Gasteiger partial charge in [0.2, 0.25) is 0 Å². The molecule has 0 N–H and O–H groups in total. The van der Waals surface area contributed by atoms with Crippen LogP contribution in [0.15, 0.2) is 322 Å². The van der Waals surface area contributed by atoms with Crippen molar-refractivity contribution in [3.8, 4) is 39.1 Å². The minimum atomic E-state index is -2.35. The Balaban J connectivity index is 1.05. The molecule has 15 aromatic rings. The van der Waals surface area contributed by atoms with Gasteiger partial charge in [0.15, 0.2) is 0 Å². The molecule has 1 aliphatic carbocycles. The van der Waals surface area contributed by atoms with Gasteiger partial charge in [0.05, 0.1) is 22.1 Å². The van der Waals surface area contributed by atoms with Crippen LogP contribution in [0.5, 0.6) is 0 Å². The fourth-order valence-corrected chi connectivity index (χ4v) is 14.1. The zero-order chi connectivity index (χ0) is 59.8. The lowest BCUT2D eigenvalue weighted by Crippen LogP contribution is -2.29. The van der Waals surface area contributed by atoms with Crippen molar-refractivity contribution in [2.45, 2.75) is 19.2 Å². The summed E-state index contributed by atoms with van der Waals surface area (Å²) in [5, 5.41) is 7.01. The number of nitrogens with zero attached hydrogens (tertiary/aromatic N) is 3. The van der Waals surface area contributed by atoms with Gasteiger partial charge in [0.25, 0.3) is 0 Å². The van der Waals surface area contributed by atoms with Gasteiger partial charge in [0.1, 0.15) is 0 Å². The van der Waals surface area contributed by atoms with Gasteiger partial charge in [-0.2, -0.15) is 0 Å². The zero-order valence-corrected chi connectivity index (χ0v) is 47.4. The van der Waals surface area contributed by atoms with Gasteiger partial charge >= 0.3 is 0 Å². The van der Waals surface area contributed by atoms with Crippen LogP contribution in [0.4, 0.5) is 34.1 Å². The molecule has 0 fully saturated rings. The monoisotopic (exact) mass is 1100 g/mol. The summed E-state index contributed by atoms with van der Waals surface area (Å²) in [7, 11) is 0. The molecule has 0 atom stereocenters. The standard InChI is InChI=1S/C83H59N3/c1-56-24-18-38-65(50-56)84(67-40-20-30-60(52-67)72-45-22-28-58-26-12-14-42-70(58)72)69-48-49-74-76(54-69)83(62-32-6-3-7-33-62,63-34-8-4-9-35-63)82-80(74)78(55-79-81(82)75-44-16-17-47-77(75)86(79)64-36-10-5-11-37-64)85(66-39-19-25-57(2)51-66)68-41-21-31-61(53-68)73-46-23-29-59-27-13-15-43-71(59)73/h3-55H,1-2H3/i1D3. The molecular weight excluding hydrogens is 1040 g/mol. The molecule has 0 aliphatic heterocycles. The first-order valence-corrected chi connectivity index (χ1v) is 29.6. The average molecular weight is 1100 g/mol. The Kier molecular flexibility index (Phi) is 11.4. The molecule has 0 radical (unpaired) electrons. The molecular formula is C83H59N3. The first-order chi connectivity index (χ1) is 43.7. The molecule has 14 aromatic carbocycles. The van der Waals surface area contributed by atoms with Crippen LogP contribution in [0.2, 0.25) is 0 Å². The topological polar surface area (TPSA) is 11.4 Å². The third-order valence-corrected chi connectivity index (χ3v) is 17.7. The summed E-state index contributed by atoms with van der Waals surface area (Å²) in [5.41, 5.74) is 20.5. The number of fused-ring (bicyclic) bond motifs is 9. The van der Waals surface area contributed by atoms with Crippen LogP contribution in [-0.4, -0.2) is 4.57 Å². The molecule has 1 aromatic heterocycles. The predicted octanol–water partition coefficient (Wildman–Crippen LogP) is 22.3. The third kappa shape index (κ3) is 8.19. The van der Waals surface area contributed by atoms with Crippen LogP contribution in [0.25, 0.3) is 82.4 Å². The van der Waals surface area contributed by atoms with Crippen molar-refractivity contribution >= 4 is 77.5 Å². The smallest absolute Gasteiger partial charge is 0.0721 e. The van der Waals surface area contributed by atoms with E-state index >= 15 is 0 Å². The van der Waals surface area contributed by atoms with Gasteiger partial charge in [-0.05, 0) is 181 Å². The number of rotatable bonds is 11. The lowest BCUT2D eigenvalue weighted by atomic mass is 9.66. The highest BCUT2D eigenvalue weighted by Gasteiger charge is 2.50. The summed E-state index contributed by atoms with van der Waals surface area (Å²) in [6.45, 7) is -0.168. The van der Waals surface area contributed by atoms with Crippen LogP contribution in [0.3, 0.4) is 0 Å².